The molecule has 0 aromatic carbocycles. The van der Waals surface area contributed by atoms with Crippen molar-refractivity contribution < 1.29 is 0 Å². The van der Waals surface area contributed by atoms with Gasteiger partial charge >= 0.3 is 0 Å². The molecular formula is C14H24N4. The minimum atomic E-state index is 0.643. The zero-order chi connectivity index (χ0) is 13.0. The molecular weight excluding hydrogens is 224 g/mol. The van der Waals surface area contributed by atoms with Crippen LogP contribution in [0.15, 0.2) is 18.3 Å². The molecule has 1 saturated heterocycles. The number of piperazine rings is 1. The predicted molar refractivity (Wildman–Crippen MR) is 75.9 cm³/mol. The third-order valence-electron chi connectivity index (χ3n) is 3.81. The molecule has 2 N–H and O–H groups in total. The quantitative estimate of drug-likeness (QED) is 0.867. The predicted octanol–water partition coefficient (Wildman–Crippen LogP) is 1.11. The van der Waals surface area contributed by atoms with Crippen molar-refractivity contribution in [2.45, 2.75) is 25.8 Å². The van der Waals surface area contributed by atoms with E-state index in [0.717, 1.165) is 31.9 Å². The van der Waals surface area contributed by atoms with E-state index >= 15 is 0 Å². The van der Waals surface area contributed by atoms with E-state index in [1.54, 1.807) is 0 Å². The fourth-order valence-corrected chi connectivity index (χ4v) is 2.51. The van der Waals surface area contributed by atoms with E-state index in [1.165, 1.54) is 12.0 Å². The van der Waals surface area contributed by atoms with Crippen molar-refractivity contribution in [1.29, 1.82) is 0 Å². The van der Waals surface area contributed by atoms with Gasteiger partial charge in [0, 0.05) is 31.9 Å². The van der Waals surface area contributed by atoms with Crippen molar-refractivity contribution >= 4 is 5.82 Å². The lowest BCUT2D eigenvalue weighted by Gasteiger charge is -2.39. The summed E-state index contributed by atoms with van der Waals surface area (Å²) in [5, 5.41) is 0. The fourth-order valence-electron chi connectivity index (χ4n) is 2.51. The summed E-state index contributed by atoms with van der Waals surface area (Å²) in [5.74, 6) is 1.10. The van der Waals surface area contributed by atoms with Gasteiger partial charge in [-0.05, 0) is 38.1 Å². The Hall–Kier alpha value is -1.13. The highest BCUT2D eigenvalue weighted by Crippen LogP contribution is 2.17. The summed E-state index contributed by atoms with van der Waals surface area (Å²) in [7, 11) is 2.21. The maximum Gasteiger partial charge on any atom is 0.128 e. The Labute approximate surface area is 110 Å². The van der Waals surface area contributed by atoms with Gasteiger partial charge in [-0.25, -0.2) is 4.98 Å². The van der Waals surface area contributed by atoms with Crippen LogP contribution in [0, 0.1) is 0 Å². The molecule has 1 aromatic heterocycles. The van der Waals surface area contributed by atoms with Gasteiger partial charge in [0.05, 0.1) is 0 Å². The number of aromatic nitrogens is 1. The molecule has 0 saturated carbocycles. The molecule has 2 rings (SSSR count). The maximum atomic E-state index is 5.55. The second-order valence-corrected chi connectivity index (χ2v) is 5.05. The minimum absolute atomic E-state index is 0.643. The normalized spacial score (nSPS) is 21.3. The lowest BCUT2D eigenvalue weighted by Crippen LogP contribution is -2.51. The first kappa shape index (κ1) is 13.3. The van der Waals surface area contributed by atoms with Gasteiger partial charge in [-0.3, -0.25) is 4.90 Å². The Balaban J connectivity index is 2.02. The molecule has 1 fully saturated rings. The Morgan fingerprint density at radius 1 is 1.39 bits per heavy atom. The van der Waals surface area contributed by atoms with E-state index in [9.17, 15) is 0 Å². The number of likely N-dealkylation sites (N-methyl/N-ethyl adjacent to an activating group) is 1. The van der Waals surface area contributed by atoms with Crippen molar-refractivity contribution in [2.75, 3.05) is 38.1 Å². The zero-order valence-electron chi connectivity index (χ0n) is 11.5. The van der Waals surface area contributed by atoms with Gasteiger partial charge < -0.3 is 10.6 Å². The third-order valence-corrected chi connectivity index (χ3v) is 3.81. The molecule has 1 aliphatic heterocycles. The van der Waals surface area contributed by atoms with E-state index in [2.05, 4.69) is 40.9 Å². The summed E-state index contributed by atoms with van der Waals surface area (Å²) >= 11 is 0. The van der Waals surface area contributed by atoms with E-state index < -0.39 is 0 Å². The van der Waals surface area contributed by atoms with Crippen LogP contribution in [0.3, 0.4) is 0 Å². The molecule has 1 unspecified atom stereocenters. The van der Waals surface area contributed by atoms with Gasteiger partial charge in [0.1, 0.15) is 5.82 Å². The lowest BCUT2D eigenvalue weighted by atomic mass is 10.1. The number of hydrogen-bond donors (Lipinski definition) is 1. The number of hydrogen-bond acceptors (Lipinski definition) is 4. The van der Waals surface area contributed by atoms with Crippen molar-refractivity contribution in [1.82, 2.24) is 9.88 Å². The average Bonchev–Trinajstić information content (AvgIpc) is 2.41. The largest absolute Gasteiger partial charge is 0.354 e. The summed E-state index contributed by atoms with van der Waals surface area (Å²) in [6.07, 6.45) is 4.06. The number of anilines is 1. The molecule has 2 heterocycles. The Kier molecular flexibility index (Phi) is 4.55. The van der Waals surface area contributed by atoms with Gasteiger partial charge in [0.25, 0.3) is 0 Å². The van der Waals surface area contributed by atoms with E-state index in [0.29, 0.717) is 12.6 Å². The molecule has 0 radical (unpaired) electrons. The monoisotopic (exact) mass is 248 g/mol. The number of nitrogens with zero attached hydrogens (tertiary/aromatic N) is 3. The highest BCUT2D eigenvalue weighted by Gasteiger charge is 2.23. The average molecular weight is 248 g/mol. The topological polar surface area (TPSA) is 45.4 Å². The van der Waals surface area contributed by atoms with Crippen LogP contribution >= 0.6 is 0 Å². The number of nitrogens with two attached hydrogens (primary N) is 1. The smallest absolute Gasteiger partial charge is 0.128 e. The summed E-state index contributed by atoms with van der Waals surface area (Å²) in [5.41, 5.74) is 6.77. The van der Waals surface area contributed by atoms with E-state index in [-0.39, 0.29) is 0 Å². The molecule has 0 amide bonds. The highest BCUT2D eigenvalue weighted by atomic mass is 15.3. The van der Waals surface area contributed by atoms with Gasteiger partial charge in [0.2, 0.25) is 0 Å². The van der Waals surface area contributed by atoms with Gasteiger partial charge in [0.15, 0.2) is 0 Å². The number of rotatable bonds is 4. The van der Waals surface area contributed by atoms with Crippen LogP contribution in [0.25, 0.3) is 0 Å². The highest BCUT2D eigenvalue weighted by molar-refractivity contribution is 5.40. The second-order valence-electron chi connectivity index (χ2n) is 5.05. The SMILES string of the molecule is CCC1CN(c2ccc(CCN)cn2)CCN1C. The van der Waals surface area contributed by atoms with Crippen LogP contribution in [0.5, 0.6) is 0 Å². The molecule has 0 spiro atoms. The van der Waals surface area contributed by atoms with Gasteiger partial charge in [-0.2, -0.15) is 0 Å². The number of pyridine rings is 1. The maximum absolute atomic E-state index is 5.55. The second kappa shape index (κ2) is 6.16. The van der Waals surface area contributed by atoms with E-state index in [4.69, 9.17) is 5.73 Å². The van der Waals surface area contributed by atoms with Crippen molar-refractivity contribution in [2.24, 2.45) is 5.73 Å². The first-order valence-corrected chi connectivity index (χ1v) is 6.84. The van der Waals surface area contributed by atoms with Crippen molar-refractivity contribution in [3.63, 3.8) is 0 Å². The minimum Gasteiger partial charge on any atom is -0.354 e. The Morgan fingerprint density at radius 2 is 2.22 bits per heavy atom. The molecule has 1 atom stereocenters. The Morgan fingerprint density at radius 3 is 2.83 bits per heavy atom. The lowest BCUT2D eigenvalue weighted by molar-refractivity contribution is 0.213. The van der Waals surface area contributed by atoms with Crippen molar-refractivity contribution in [3.8, 4) is 0 Å². The molecule has 4 heteroatoms. The summed E-state index contributed by atoms with van der Waals surface area (Å²) in [6.45, 7) is 6.20. The summed E-state index contributed by atoms with van der Waals surface area (Å²) in [4.78, 5) is 9.40. The van der Waals surface area contributed by atoms with Crippen LogP contribution in [-0.2, 0) is 6.42 Å². The van der Waals surface area contributed by atoms with Gasteiger partial charge in [-0.15, -0.1) is 0 Å². The summed E-state index contributed by atoms with van der Waals surface area (Å²) in [6, 6.07) is 4.92. The molecule has 1 aliphatic rings. The van der Waals surface area contributed by atoms with E-state index in [1.807, 2.05) is 6.20 Å². The standard InChI is InChI=1S/C14H24N4/c1-3-13-11-18(9-8-17(13)2)14-5-4-12(6-7-15)10-16-14/h4-5,10,13H,3,6-9,11,15H2,1-2H3. The molecule has 0 aliphatic carbocycles. The molecule has 4 nitrogen and oxygen atoms in total. The molecule has 100 valence electrons. The van der Waals surface area contributed by atoms with Crippen LogP contribution in [-0.4, -0.2) is 49.2 Å². The fraction of sp³-hybridized carbons (Fsp3) is 0.643. The molecule has 1 aromatic rings. The van der Waals surface area contributed by atoms with Gasteiger partial charge in [-0.1, -0.05) is 13.0 Å². The van der Waals surface area contributed by atoms with Crippen LogP contribution in [0.4, 0.5) is 5.82 Å². The first-order valence-electron chi connectivity index (χ1n) is 6.84. The molecule has 18 heavy (non-hydrogen) atoms. The zero-order valence-corrected chi connectivity index (χ0v) is 11.5. The Bertz CT molecular complexity index is 363. The van der Waals surface area contributed by atoms with Crippen LogP contribution in [0.1, 0.15) is 18.9 Å². The molecule has 0 bridgehead atoms. The van der Waals surface area contributed by atoms with Crippen molar-refractivity contribution in [3.05, 3.63) is 23.9 Å². The van der Waals surface area contributed by atoms with Crippen LogP contribution < -0.4 is 10.6 Å². The van der Waals surface area contributed by atoms with Crippen LogP contribution in [0.2, 0.25) is 0 Å². The first-order chi connectivity index (χ1) is 8.74. The third kappa shape index (κ3) is 3.00. The summed E-state index contributed by atoms with van der Waals surface area (Å²) < 4.78 is 0.